The van der Waals surface area contributed by atoms with Crippen LogP contribution in [0.4, 0.5) is 0 Å². The Labute approximate surface area is 69.9 Å². The number of aliphatic hydroxyl groups excluding tert-OH is 5. The highest BCUT2D eigenvalue weighted by Gasteiger charge is 2.45. The van der Waals surface area contributed by atoms with Crippen LogP contribution in [0.25, 0.3) is 0 Å². The summed E-state index contributed by atoms with van der Waals surface area (Å²) in [7, 11) is 0. The molecule has 0 amide bonds. The monoisotopic (exact) mass is 178 g/mol. The Bertz CT molecular complexity index is 103. The third kappa shape index (κ3) is 1.34. The second-order valence-electron chi connectivity index (χ2n) is 3.31. The fourth-order valence-electron chi connectivity index (χ4n) is 1.43. The maximum atomic E-state index is 9.22. The summed E-state index contributed by atoms with van der Waals surface area (Å²) in [4.78, 5) is 0. The molecule has 0 radical (unpaired) electrons. The van der Waals surface area contributed by atoms with Gasteiger partial charge in [0.25, 0.3) is 0 Å². The molecule has 6 atom stereocenters. The molecule has 2 unspecified atom stereocenters. The van der Waals surface area contributed by atoms with Crippen molar-refractivity contribution in [2.45, 2.75) is 37.4 Å². The molecule has 72 valence electrons. The van der Waals surface area contributed by atoms with E-state index in [9.17, 15) is 10.2 Å². The Morgan fingerprint density at radius 2 is 0.833 bits per heavy atom. The molecule has 1 fully saturated rings. The zero-order valence-corrected chi connectivity index (χ0v) is 6.70. The molecule has 0 aromatic rings. The topological polar surface area (TPSA) is 101 Å². The minimum Gasteiger partial charge on any atom is -0.390 e. The van der Waals surface area contributed by atoms with E-state index in [2.05, 4.69) is 0 Å². The largest absolute Gasteiger partial charge is 0.390 e. The summed E-state index contributed by atoms with van der Waals surface area (Å²) in [5, 5.41) is 45.8. The molecule has 5 nitrogen and oxygen atoms in total. The Balaban J connectivity index is 2.76. The van der Waals surface area contributed by atoms with Crippen molar-refractivity contribution in [3.63, 3.8) is 0 Å². The van der Waals surface area contributed by atoms with Crippen LogP contribution in [0.3, 0.4) is 0 Å². The minimum absolute atomic E-state index is 0.640. The van der Waals surface area contributed by atoms with Gasteiger partial charge in [0.1, 0.15) is 18.3 Å². The maximum absolute atomic E-state index is 9.22. The highest BCUT2D eigenvalue weighted by molar-refractivity contribution is 4.96. The van der Waals surface area contributed by atoms with E-state index < -0.39 is 36.4 Å². The van der Waals surface area contributed by atoms with E-state index >= 15 is 0 Å². The van der Waals surface area contributed by atoms with Crippen LogP contribution in [0.2, 0.25) is 0 Å². The summed E-state index contributed by atoms with van der Waals surface area (Å²) in [5.41, 5.74) is 0. The molecule has 5 heteroatoms. The van der Waals surface area contributed by atoms with Crippen molar-refractivity contribution in [2.75, 3.05) is 0 Å². The Morgan fingerprint density at radius 3 is 1.17 bits per heavy atom. The molecule has 12 heavy (non-hydrogen) atoms. The fraction of sp³-hybridized carbons (Fsp3) is 1.00. The third-order valence-electron chi connectivity index (χ3n) is 2.48. The van der Waals surface area contributed by atoms with E-state index in [-0.39, 0.29) is 0 Å². The molecular weight excluding hydrogens is 164 g/mol. The van der Waals surface area contributed by atoms with Crippen molar-refractivity contribution in [3.8, 4) is 0 Å². The third-order valence-corrected chi connectivity index (χ3v) is 2.48. The van der Waals surface area contributed by atoms with E-state index in [4.69, 9.17) is 15.3 Å². The lowest BCUT2D eigenvalue weighted by Crippen LogP contribution is -2.60. The number of rotatable bonds is 0. The van der Waals surface area contributed by atoms with Crippen LogP contribution in [0, 0.1) is 5.92 Å². The summed E-state index contributed by atoms with van der Waals surface area (Å²) in [6, 6.07) is 0. The summed E-state index contributed by atoms with van der Waals surface area (Å²) in [6.45, 7) is 1.49. The molecule has 1 saturated carbocycles. The smallest absolute Gasteiger partial charge is 0.111 e. The molecule has 0 bridgehead atoms. The molecule has 0 aromatic carbocycles. The molecule has 0 saturated heterocycles. The van der Waals surface area contributed by atoms with Gasteiger partial charge in [-0.1, -0.05) is 6.92 Å². The quantitative estimate of drug-likeness (QED) is 0.281. The Morgan fingerprint density at radius 1 is 0.583 bits per heavy atom. The zero-order valence-electron chi connectivity index (χ0n) is 6.70. The Kier molecular flexibility index (Phi) is 2.70. The summed E-state index contributed by atoms with van der Waals surface area (Å²) in [6.07, 6.45) is -6.65. The minimum atomic E-state index is -1.48. The number of aliphatic hydroxyl groups is 5. The number of hydrogen-bond acceptors (Lipinski definition) is 5. The molecule has 0 aromatic heterocycles. The average Bonchev–Trinajstić information content (AvgIpc) is 2.08. The van der Waals surface area contributed by atoms with Crippen LogP contribution in [-0.4, -0.2) is 56.1 Å². The molecule has 0 aliphatic heterocycles. The van der Waals surface area contributed by atoms with Gasteiger partial charge in [-0.15, -0.1) is 0 Å². The van der Waals surface area contributed by atoms with Crippen LogP contribution in [0.15, 0.2) is 0 Å². The van der Waals surface area contributed by atoms with Gasteiger partial charge in [-0.2, -0.15) is 0 Å². The molecule has 5 N–H and O–H groups in total. The average molecular weight is 178 g/mol. The second kappa shape index (κ2) is 3.27. The molecule has 0 heterocycles. The van der Waals surface area contributed by atoms with Crippen molar-refractivity contribution < 1.29 is 25.5 Å². The van der Waals surface area contributed by atoms with Crippen molar-refractivity contribution >= 4 is 0 Å². The maximum Gasteiger partial charge on any atom is 0.111 e. The van der Waals surface area contributed by atoms with Crippen molar-refractivity contribution in [3.05, 3.63) is 0 Å². The number of hydrogen-bond donors (Lipinski definition) is 5. The first-order valence-electron chi connectivity index (χ1n) is 3.87. The van der Waals surface area contributed by atoms with Gasteiger partial charge in [-0.05, 0) is 0 Å². The summed E-state index contributed by atoms with van der Waals surface area (Å²) >= 11 is 0. The van der Waals surface area contributed by atoms with Gasteiger partial charge in [0.05, 0.1) is 12.2 Å². The van der Waals surface area contributed by atoms with Crippen LogP contribution in [0.5, 0.6) is 0 Å². The lowest BCUT2D eigenvalue weighted by atomic mass is 9.80. The molecule has 1 aliphatic rings. The lowest BCUT2D eigenvalue weighted by Gasteiger charge is -2.40. The normalized spacial score (nSPS) is 55.5. The summed E-state index contributed by atoms with van der Waals surface area (Å²) in [5.74, 6) is -0.640. The standard InChI is InChI=1S/C7H14O5/c1-2-3(8)5(10)7(12)6(11)4(2)9/h2-12H,1H3/t2?,3-,4-,5-,6+,7?/m1/s1. The van der Waals surface area contributed by atoms with Crippen LogP contribution >= 0.6 is 0 Å². The van der Waals surface area contributed by atoms with Crippen molar-refractivity contribution in [1.82, 2.24) is 0 Å². The van der Waals surface area contributed by atoms with E-state index in [0.29, 0.717) is 0 Å². The predicted octanol–water partition coefficient (Wildman–Crippen LogP) is -2.56. The van der Waals surface area contributed by atoms with Gasteiger partial charge < -0.3 is 25.5 Å². The molecule has 1 rings (SSSR count). The van der Waals surface area contributed by atoms with Crippen LogP contribution < -0.4 is 0 Å². The van der Waals surface area contributed by atoms with E-state index in [1.54, 1.807) is 0 Å². The highest BCUT2D eigenvalue weighted by Crippen LogP contribution is 2.25. The fourth-order valence-corrected chi connectivity index (χ4v) is 1.43. The van der Waals surface area contributed by atoms with Gasteiger partial charge in [0.15, 0.2) is 0 Å². The van der Waals surface area contributed by atoms with Gasteiger partial charge in [-0.25, -0.2) is 0 Å². The highest BCUT2D eigenvalue weighted by atomic mass is 16.4. The molecular formula is C7H14O5. The lowest BCUT2D eigenvalue weighted by molar-refractivity contribution is -0.200. The first kappa shape index (κ1) is 9.88. The van der Waals surface area contributed by atoms with Gasteiger partial charge in [0.2, 0.25) is 0 Å². The second-order valence-corrected chi connectivity index (χ2v) is 3.31. The molecule has 1 aliphatic carbocycles. The van der Waals surface area contributed by atoms with Crippen LogP contribution in [0.1, 0.15) is 6.92 Å². The summed E-state index contributed by atoms with van der Waals surface area (Å²) < 4.78 is 0. The predicted molar refractivity (Wildman–Crippen MR) is 39.2 cm³/mol. The van der Waals surface area contributed by atoms with Crippen LogP contribution in [-0.2, 0) is 0 Å². The van der Waals surface area contributed by atoms with Crippen molar-refractivity contribution in [1.29, 1.82) is 0 Å². The van der Waals surface area contributed by atoms with Crippen molar-refractivity contribution in [2.24, 2.45) is 5.92 Å². The van der Waals surface area contributed by atoms with Gasteiger partial charge >= 0.3 is 0 Å². The first-order valence-corrected chi connectivity index (χ1v) is 3.87. The van der Waals surface area contributed by atoms with Gasteiger partial charge in [0, 0.05) is 5.92 Å². The van der Waals surface area contributed by atoms with Gasteiger partial charge in [-0.3, -0.25) is 0 Å². The van der Waals surface area contributed by atoms with E-state index in [1.165, 1.54) is 6.92 Å². The van der Waals surface area contributed by atoms with E-state index in [1.807, 2.05) is 0 Å². The zero-order chi connectivity index (χ0) is 9.46. The first-order chi connectivity index (χ1) is 5.46. The Hall–Kier alpha value is -0.200. The SMILES string of the molecule is CC1[C@@H](O)[C@H](O)C(O)[C@H](O)[C@@H]1O. The molecule has 0 spiro atoms. The van der Waals surface area contributed by atoms with E-state index in [0.717, 1.165) is 0 Å².